The molecule has 2 N–H and O–H groups in total. The average molecular weight is 289 g/mol. The van der Waals surface area contributed by atoms with Crippen molar-refractivity contribution in [2.24, 2.45) is 5.73 Å². The molecule has 112 valence electrons. The first kappa shape index (κ1) is 15.3. The van der Waals surface area contributed by atoms with Crippen LogP contribution in [0, 0.1) is 5.82 Å². The molecule has 4 heteroatoms. The topological polar surface area (TPSA) is 44.5 Å². The molecule has 1 atom stereocenters. The minimum absolute atomic E-state index is 0.153. The molecule has 3 nitrogen and oxygen atoms in total. The molecule has 2 aromatic carbocycles. The van der Waals surface area contributed by atoms with Crippen molar-refractivity contribution in [1.82, 2.24) is 0 Å². The number of halogens is 1. The standard InChI is InChI=1S/C17H20FNO2/c1-3-11-20-15-9-4-5-10-16(15)21-17-13(12(2)19)7-6-8-14(17)18/h4-10,12H,3,11,19H2,1-2H3/t12-/m1/s1. The Hall–Kier alpha value is -2.07. The Morgan fingerprint density at radius 2 is 1.81 bits per heavy atom. The first-order valence-electron chi connectivity index (χ1n) is 7.07. The zero-order valence-electron chi connectivity index (χ0n) is 12.3. The molecule has 0 fully saturated rings. The highest BCUT2D eigenvalue weighted by Gasteiger charge is 2.15. The summed E-state index contributed by atoms with van der Waals surface area (Å²) in [7, 11) is 0. The van der Waals surface area contributed by atoms with Crippen molar-refractivity contribution in [3.05, 3.63) is 53.8 Å². The van der Waals surface area contributed by atoms with Gasteiger partial charge in [0.05, 0.1) is 6.61 Å². The number of para-hydroxylation sites is 3. The van der Waals surface area contributed by atoms with Crippen molar-refractivity contribution in [3.8, 4) is 17.2 Å². The van der Waals surface area contributed by atoms with Gasteiger partial charge in [0, 0.05) is 11.6 Å². The Bertz CT molecular complexity index is 599. The molecular weight excluding hydrogens is 269 g/mol. The van der Waals surface area contributed by atoms with Crippen LogP contribution in [0.15, 0.2) is 42.5 Å². The van der Waals surface area contributed by atoms with Gasteiger partial charge in [0.2, 0.25) is 0 Å². The predicted molar refractivity (Wildman–Crippen MR) is 81.3 cm³/mol. The third kappa shape index (κ3) is 3.73. The van der Waals surface area contributed by atoms with Crippen molar-refractivity contribution in [3.63, 3.8) is 0 Å². The van der Waals surface area contributed by atoms with E-state index in [0.29, 0.717) is 23.7 Å². The second-order valence-corrected chi connectivity index (χ2v) is 4.84. The quantitative estimate of drug-likeness (QED) is 0.855. The van der Waals surface area contributed by atoms with Crippen LogP contribution in [0.25, 0.3) is 0 Å². The van der Waals surface area contributed by atoms with Crippen LogP contribution < -0.4 is 15.2 Å². The van der Waals surface area contributed by atoms with Gasteiger partial charge in [0.15, 0.2) is 23.1 Å². The van der Waals surface area contributed by atoms with Crippen LogP contribution in [0.3, 0.4) is 0 Å². The van der Waals surface area contributed by atoms with Gasteiger partial charge in [0.25, 0.3) is 0 Å². The van der Waals surface area contributed by atoms with Crippen LogP contribution in [0.2, 0.25) is 0 Å². The van der Waals surface area contributed by atoms with Gasteiger partial charge in [-0.15, -0.1) is 0 Å². The van der Waals surface area contributed by atoms with Crippen molar-refractivity contribution >= 4 is 0 Å². The summed E-state index contributed by atoms with van der Waals surface area (Å²) in [4.78, 5) is 0. The summed E-state index contributed by atoms with van der Waals surface area (Å²) in [5, 5.41) is 0. The molecule has 0 aliphatic carbocycles. The van der Waals surface area contributed by atoms with Gasteiger partial charge in [-0.05, 0) is 31.5 Å². The molecule has 0 radical (unpaired) electrons. The van der Waals surface area contributed by atoms with E-state index in [1.165, 1.54) is 6.07 Å². The maximum atomic E-state index is 14.1. The Morgan fingerprint density at radius 3 is 2.48 bits per heavy atom. The van der Waals surface area contributed by atoms with E-state index < -0.39 is 5.82 Å². The summed E-state index contributed by atoms with van der Waals surface area (Å²) in [6, 6.07) is 11.7. The molecule has 0 saturated heterocycles. The van der Waals surface area contributed by atoms with Crippen molar-refractivity contribution in [1.29, 1.82) is 0 Å². The van der Waals surface area contributed by atoms with Crippen molar-refractivity contribution in [2.45, 2.75) is 26.3 Å². The lowest BCUT2D eigenvalue weighted by molar-refractivity contribution is 0.299. The van der Waals surface area contributed by atoms with Gasteiger partial charge < -0.3 is 15.2 Å². The predicted octanol–water partition coefficient (Wildman–Crippen LogP) is 4.43. The zero-order valence-corrected chi connectivity index (χ0v) is 12.3. The Labute approximate surface area is 124 Å². The molecule has 21 heavy (non-hydrogen) atoms. The SMILES string of the molecule is CCCOc1ccccc1Oc1c(F)cccc1[C@@H](C)N. The van der Waals surface area contributed by atoms with E-state index >= 15 is 0 Å². The summed E-state index contributed by atoms with van der Waals surface area (Å²) in [6.45, 7) is 4.40. The number of benzene rings is 2. The van der Waals surface area contributed by atoms with Gasteiger partial charge in [-0.2, -0.15) is 0 Å². The second kappa shape index (κ2) is 7.09. The minimum atomic E-state index is -0.435. The molecule has 0 bridgehead atoms. The highest BCUT2D eigenvalue weighted by atomic mass is 19.1. The van der Waals surface area contributed by atoms with Gasteiger partial charge in [-0.25, -0.2) is 4.39 Å². The number of ether oxygens (including phenoxy) is 2. The van der Waals surface area contributed by atoms with Crippen LogP contribution in [0.1, 0.15) is 31.9 Å². The van der Waals surface area contributed by atoms with E-state index in [2.05, 4.69) is 0 Å². The number of hydrogen-bond acceptors (Lipinski definition) is 3. The van der Waals surface area contributed by atoms with E-state index in [4.69, 9.17) is 15.2 Å². The molecule has 0 spiro atoms. The van der Waals surface area contributed by atoms with E-state index in [1.807, 2.05) is 19.1 Å². The molecule has 0 saturated carbocycles. The lowest BCUT2D eigenvalue weighted by Crippen LogP contribution is -2.08. The van der Waals surface area contributed by atoms with E-state index in [-0.39, 0.29) is 11.8 Å². The Kier molecular flexibility index (Phi) is 5.17. The Morgan fingerprint density at radius 1 is 1.10 bits per heavy atom. The fourth-order valence-corrected chi connectivity index (χ4v) is 1.97. The molecular formula is C17H20FNO2. The molecule has 0 heterocycles. The van der Waals surface area contributed by atoms with Crippen molar-refractivity contribution in [2.75, 3.05) is 6.61 Å². The maximum absolute atomic E-state index is 14.1. The highest BCUT2D eigenvalue weighted by molar-refractivity contribution is 5.46. The summed E-state index contributed by atoms with van der Waals surface area (Å²) in [6.07, 6.45) is 0.888. The lowest BCUT2D eigenvalue weighted by Gasteiger charge is -2.16. The summed E-state index contributed by atoms with van der Waals surface area (Å²) in [5.74, 6) is 0.798. The Balaban J connectivity index is 2.34. The highest BCUT2D eigenvalue weighted by Crippen LogP contribution is 2.36. The van der Waals surface area contributed by atoms with Gasteiger partial charge in [0.1, 0.15) is 0 Å². The minimum Gasteiger partial charge on any atom is -0.490 e. The van der Waals surface area contributed by atoms with Crippen LogP contribution >= 0.6 is 0 Å². The number of hydrogen-bond donors (Lipinski definition) is 1. The van der Waals surface area contributed by atoms with E-state index in [1.54, 1.807) is 31.2 Å². The fraction of sp³-hybridized carbons (Fsp3) is 0.294. The van der Waals surface area contributed by atoms with Crippen LogP contribution in [-0.2, 0) is 0 Å². The third-order valence-electron chi connectivity index (χ3n) is 3.01. The van der Waals surface area contributed by atoms with Gasteiger partial charge in [-0.1, -0.05) is 31.2 Å². The van der Waals surface area contributed by atoms with Crippen LogP contribution in [-0.4, -0.2) is 6.61 Å². The molecule has 0 unspecified atom stereocenters. The third-order valence-corrected chi connectivity index (χ3v) is 3.01. The number of rotatable bonds is 6. The van der Waals surface area contributed by atoms with Crippen LogP contribution in [0.4, 0.5) is 4.39 Å². The lowest BCUT2D eigenvalue weighted by atomic mass is 10.1. The van der Waals surface area contributed by atoms with Crippen molar-refractivity contribution < 1.29 is 13.9 Å². The molecule has 0 amide bonds. The van der Waals surface area contributed by atoms with E-state index in [9.17, 15) is 4.39 Å². The normalized spacial score (nSPS) is 12.0. The zero-order chi connectivity index (χ0) is 15.2. The molecule has 0 aliphatic heterocycles. The molecule has 0 aliphatic rings. The molecule has 2 aromatic rings. The van der Waals surface area contributed by atoms with Crippen LogP contribution in [0.5, 0.6) is 17.2 Å². The smallest absolute Gasteiger partial charge is 0.169 e. The first-order valence-corrected chi connectivity index (χ1v) is 7.07. The summed E-state index contributed by atoms with van der Waals surface area (Å²) in [5.41, 5.74) is 6.50. The molecule has 0 aromatic heterocycles. The second-order valence-electron chi connectivity index (χ2n) is 4.84. The summed E-state index contributed by atoms with van der Waals surface area (Å²) < 4.78 is 25.4. The first-order chi connectivity index (χ1) is 10.1. The van der Waals surface area contributed by atoms with Gasteiger partial charge >= 0.3 is 0 Å². The summed E-state index contributed by atoms with van der Waals surface area (Å²) >= 11 is 0. The monoisotopic (exact) mass is 289 g/mol. The number of nitrogens with two attached hydrogens (primary N) is 1. The van der Waals surface area contributed by atoms with Gasteiger partial charge in [-0.3, -0.25) is 0 Å². The average Bonchev–Trinajstić information content (AvgIpc) is 2.48. The molecule has 2 rings (SSSR count). The maximum Gasteiger partial charge on any atom is 0.169 e. The largest absolute Gasteiger partial charge is 0.490 e. The fourth-order valence-electron chi connectivity index (χ4n) is 1.97. The van der Waals surface area contributed by atoms with E-state index in [0.717, 1.165) is 6.42 Å².